The van der Waals surface area contributed by atoms with Crippen LogP contribution in [0.15, 0.2) is 107 Å². The molecule has 0 atom stereocenters. The Kier molecular flexibility index (Phi) is 7.93. The molecular weight excluding hydrogens is 459 g/mol. The van der Waals surface area contributed by atoms with Gasteiger partial charge in [0.05, 0.1) is 11.5 Å². The monoisotopic (exact) mass is 488 g/mol. The Morgan fingerprint density at radius 3 is 1.53 bits per heavy atom. The highest BCUT2D eigenvalue weighted by Crippen LogP contribution is 2.36. The minimum atomic E-state index is -2.19. The number of hydrogen-bond acceptors (Lipinski definition) is 4. The molecule has 1 heterocycles. The molecule has 0 spiro atoms. The zero-order chi connectivity index (χ0) is 24.6. The number of fused-ring (bicyclic) bond motifs is 2. The van der Waals surface area contributed by atoms with E-state index in [-0.39, 0.29) is 0 Å². The molecule has 5 heteroatoms. The zero-order valence-electron chi connectivity index (χ0n) is 20.5. The summed E-state index contributed by atoms with van der Waals surface area (Å²) in [6, 6.07) is 33.2. The van der Waals surface area contributed by atoms with Crippen LogP contribution in [-0.2, 0) is 0 Å². The van der Waals surface area contributed by atoms with E-state index >= 15 is 0 Å². The van der Waals surface area contributed by atoms with Gasteiger partial charge in [0, 0.05) is 47.8 Å². The quantitative estimate of drug-likeness (QED) is 0.286. The lowest BCUT2D eigenvalue weighted by Gasteiger charge is -2.23. The van der Waals surface area contributed by atoms with Crippen LogP contribution in [0, 0.1) is 0 Å². The van der Waals surface area contributed by atoms with Gasteiger partial charge in [-0.05, 0) is 35.0 Å². The molecule has 0 fully saturated rings. The zero-order valence-corrected chi connectivity index (χ0v) is 21.7. The molecule has 4 aromatic carbocycles. The Hall–Kier alpha value is -3.65. The van der Waals surface area contributed by atoms with E-state index in [1.807, 2.05) is 24.6 Å². The lowest BCUT2D eigenvalue weighted by Crippen LogP contribution is -2.30. The molecule has 36 heavy (non-hydrogen) atoms. The summed E-state index contributed by atoms with van der Waals surface area (Å²) < 4.78 is 13.6. The van der Waals surface area contributed by atoms with Gasteiger partial charge in [-0.15, -0.1) is 0 Å². The maximum absolute atomic E-state index is 6.80. The van der Waals surface area contributed by atoms with Gasteiger partial charge in [0.15, 0.2) is 0 Å². The number of aliphatic imine (C=N–C) groups is 2. The van der Waals surface area contributed by atoms with Crippen molar-refractivity contribution < 1.29 is 7.58 Å². The number of para-hydroxylation sites is 2. The first-order valence-electron chi connectivity index (χ1n) is 12.5. The van der Waals surface area contributed by atoms with Crippen LogP contribution in [0.2, 0.25) is 5.28 Å². The lowest BCUT2D eigenvalue weighted by atomic mass is 10.0. The SMILES string of the molecule is C[CH2][Al]1[O]c2c(cccc2-c2ccccc2)C=NCCCN=Cc2cccc(-c3ccccc3)c2[O]1. The molecule has 0 bridgehead atoms. The molecule has 0 N–H and O–H groups in total. The van der Waals surface area contributed by atoms with Gasteiger partial charge in [-0.3, -0.25) is 9.98 Å². The van der Waals surface area contributed by atoms with Crippen LogP contribution in [0.4, 0.5) is 0 Å². The van der Waals surface area contributed by atoms with E-state index in [0.29, 0.717) is 13.1 Å². The predicted molar refractivity (Wildman–Crippen MR) is 151 cm³/mol. The highest BCUT2D eigenvalue weighted by Gasteiger charge is 2.33. The topological polar surface area (TPSA) is 43.2 Å². The number of nitrogens with zero attached hydrogens (tertiary/aromatic N) is 2. The molecule has 0 saturated carbocycles. The largest absolute Gasteiger partial charge is 0.856 e. The number of hydrogen-bond donors (Lipinski definition) is 0. The minimum Gasteiger partial charge on any atom is -0.611 e. The maximum atomic E-state index is 6.80. The fourth-order valence-electron chi connectivity index (χ4n) is 4.30. The lowest BCUT2D eigenvalue weighted by molar-refractivity contribution is 0.424. The minimum absolute atomic E-state index is 0.717. The first kappa shape index (κ1) is 24.1. The Balaban J connectivity index is 1.61. The van der Waals surface area contributed by atoms with E-state index in [0.717, 1.165) is 56.6 Å². The van der Waals surface area contributed by atoms with E-state index in [2.05, 4.69) is 102 Å². The van der Waals surface area contributed by atoms with Crippen LogP contribution in [-0.4, -0.2) is 40.3 Å². The standard InChI is InChI=1S/C29H26N2O2.C2H5.Al/c32-28-24(14-7-16-26(28)22-10-3-1-4-11-22)20-30-18-9-19-31-21-25-15-8-17-27(29(25)33)23-12-5-2-6-13-23;1-2;/h1-8,10-17,20-21,32-33H,9,18-19H2;1H2,2H3;/q;;+2/p-2. The molecule has 1 aliphatic rings. The first-order valence-corrected chi connectivity index (χ1v) is 14.3. The van der Waals surface area contributed by atoms with Crippen LogP contribution in [0.1, 0.15) is 24.5 Å². The van der Waals surface area contributed by atoms with Crippen LogP contribution >= 0.6 is 0 Å². The second kappa shape index (κ2) is 11.9. The Morgan fingerprint density at radius 2 is 1.08 bits per heavy atom. The maximum Gasteiger partial charge on any atom is 0.856 e. The van der Waals surface area contributed by atoms with Crippen molar-refractivity contribution >= 4 is 27.2 Å². The molecule has 4 nitrogen and oxygen atoms in total. The molecule has 178 valence electrons. The molecule has 0 saturated heterocycles. The van der Waals surface area contributed by atoms with Gasteiger partial charge < -0.3 is 7.58 Å². The smallest absolute Gasteiger partial charge is 0.611 e. The Bertz CT molecular complexity index is 1250. The fourth-order valence-corrected chi connectivity index (χ4v) is 5.73. The highest BCUT2D eigenvalue weighted by atomic mass is 27.2. The van der Waals surface area contributed by atoms with Gasteiger partial charge in [-0.2, -0.15) is 0 Å². The molecule has 0 amide bonds. The van der Waals surface area contributed by atoms with Gasteiger partial charge in [-0.1, -0.05) is 91.9 Å². The van der Waals surface area contributed by atoms with Gasteiger partial charge in [-0.25, -0.2) is 0 Å². The van der Waals surface area contributed by atoms with Crippen molar-refractivity contribution in [3.63, 3.8) is 0 Å². The average Bonchev–Trinajstić information content (AvgIpc) is 2.94. The Labute approximate surface area is 218 Å². The van der Waals surface area contributed by atoms with E-state index in [1.54, 1.807) is 0 Å². The van der Waals surface area contributed by atoms with Crippen LogP contribution in [0.5, 0.6) is 11.5 Å². The molecular formula is C31H29AlN2O2. The normalized spacial score (nSPS) is 13.6. The van der Waals surface area contributed by atoms with Gasteiger partial charge >= 0.3 is 14.8 Å². The first-order chi connectivity index (χ1) is 17.8. The van der Waals surface area contributed by atoms with Crippen molar-refractivity contribution in [2.45, 2.75) is 18.6 Å². The third-order valence-electron chi connectivity index (χ3n) is 6.13. The second-order valence-corrected chi connectivity index (χ2v) is 10.8. The molecule has 0 aliphatic carbocycles. The van der Waals surface area contributed by atoms with Gasteiger partial charge in [0.2, 0.25) is 0 Å². The summed E-state index contributed by atoms with van der Waals surface area (Å²) in [6.07, 6.45) is 4.74. The van der Waals surface area contributed by atoms with E-state index in [9.17, 15) is 0 Å². The van der Waals surface area contributed by atoms with E-state index in [1.165, 1.54) is 0 Å². The summed E-state index contributed by atoms with van der Waals surface area (Å²) in [7, 11) is 0. The molecule has 4 aromatic rings. The third kappa shape index (κ3) is 5.60. The molecule has 0 radical (unpaired) electrons. The fraction of sp³-hybridized carbons (Fsp3) is 0.161. The predicted octanol–water partition coefficient (Wildman–Crippen LogP) is 7.23. The summed E-state index contributed by atoms with van der Waals surface area (Å²) >= 11 is -2.19. The van der Waals surface area contributed by atoms with Crippen LogP contribution < -0.4 is 7.58 Å². The molecule has 1 aliphatic heterocycles. The Morgan fingerprint density at radius 1 is 0.611 bits per heavy atom. The van der Waals surface area contributed by atoms with Crippen molar-refractivity contribution in [2.75, 3.05) is 13.1 Å². The third-order valence-corrected chi connectivity index (χ3v) is 7.79. The second-order valence-electron chi connectivity index (χ2n) is 8.68. The molecule has 0 unspecified atom stereocenters. The van der Waals surface area contributed by atoms with Crippen molar-refractivity contribution in [2.24, 2.45) is 9.98 Å². The summed E-state index contributed by atoms with van der Waals surface area (Å²) in [5.41, 5.74) is 6.29. The molecule has 0 aromatic heterocycles. The van der Waals surface area contributed by atoms with E-state index in [4.69, 9.17) is 7.58 Å². The van der Waals surface area contributed by atoms with Crippen molar-refractivity contribution in [3.8, 4) is 33.8 Å². The number of benzene rings is 4. The summed E-state index contributed by atoms with van der Waals surface area (Å²) in [5.74, 6) is 1.69. The van der Waals surface area contributed by atoms with Crippen molar-refractivity contribution in [1.82, 2.24) is 0 Å². The summed E-state index contributed by atoms with van der Waals surface area (Å²) in [4.78, 5) is 9.36. The van der Waals surface area contributed by atoms with Crippen LogP contribution in [0.25, 0.3) is 22.3 Å². The summed E-state index contributed by atoms with van der Waals surface area (Å²) in [6.45, 7) is 3.57. The van der Waals surface area contributed by atoms with Gasteiger partial charge in [0.25, 0.3) is 0 Å². The number of rotatable bonds is 3. The summed E-state index contributed by atoms with van der Waals surface area (Å²) in [5, 5.41) is 0.805. The highest BCUT2D eigenvalue weighted by molar-refractivity contribution is 6.46. The van der Waals surface area contributed by atoms with Crippen molar-refractivity contribution in [3.05, 3.63) is 108 Å². The molecule has 5 rings (SSSR count). The van der Waals surface area contributed by atoms with Crippen LogP contribution in [0.3, 0.4) is 0 Å². The van der Waals surface area contributed by atoms with Crippen molar-refractivity contribution in [1.29, 1.82) is 0 Å². The average molecular weight is 489 g/mol. The van der Waals surface area contributed by atoms with E-state index < -0.39 is 14.8 Å². The van der Waals surface area contributed by atoms with Gasteiger partial charge in [0.1, 0.15) is 0 Å².